The van der Waals surface area contributed by atoms with E-state index in [0.717, 1.165) is 36.0 Å². The smallest absolute Gasteiger partial charge is 0.254 e. The standard InChI is InChI=1S/C24H25FN4O2/c1-17-14-23(27-18(2)26-17)28-10-12-29(13-11-28)24(30)20-4-3-5-22(15-20)31-16-19-6-8-21(25)9-7-19/h3-9,14-15H,10-13,16H2,1-2H3. The van der Waals surface area contributed by atoms with Crippen molar-refractivity contribution < 1.29 is 13.9 Å². The lowest BCUT2D eigenvalue weighted by molar-refractivity contribution is 0.0746. The molecule has 160 valence electrons. The van der Waals surface area contributed by atoms with Crippen LogP contribution in [0.25, 0.3) is 0 Å². The third kappa shape index (κ3) is 5.17. The van der Waals surface area contributed by atoms with Crippen molar-refractivity contribution in [1.29, 1.82) is 0 Å². The van der Waals surface area contributed by atoms with Gasteiger partial charge >= 0.3 is 0 Å². The summed E-state index contributed by atoms with van der Waals surface area (Å²) in [4.78, 5) is 25.9. The van der Waals surface area contributed by atoms with Crippen LogP contribution in [0.3, 0.4) is 0 Å². The van der Waals surface area contributed by atoms with Crippen LogP contribution in [0.1, 0.15) is 27.4 Å². The van der Waals surface area contributed by atoms with E-state index in [0.29, 0.717) is 31.0 Å². The highest BCUT2D eigenvalue weighted by molar-refractivity contribution is 5.94. The average molecular weight is 420 g/mol. The molecule has 0 unspecified atom stereocenters. The van der Waals surface area contributed by atoms with Crippen molar-refractivity contribution in [2.75, 3.05) is 31.1 Å². The number of rotatable bonds is 5. The Kier molecular flexibility index (Phi) is 6.11. The van der Waals surface area contributed by atoms with Crippen LogP contribution in [0.2, 0.25) is 0 Å². The molecule has 0 radical (unpaired) electrons. The molecule has 1 saturated heterocycles. The molecule has 1 aliphatic heterocycles. The lowest BCUT2D eigenvalue weighted by Gasteiger charge is -2.35. The number of benzene rings is 2. The molecule has 0 spiro atoms. The number of nitrogens with zero attached hydrogens (tertiary/aromatic N) is 4. The molecule has 1 aliphatic rings. The molecule has 31 heavy (non-hydrogen) atoms. The number of halogens is 1. The van der Waals surface area contributed by atoms with E-state index < -0.39 is 0 Å². The third-order valence-electron chi connectivity index (χ3n) is 5.24. The van der Waals surface area contributed by atoms with Crippen molar-refractivity contribution in [2.45, 2.75) is 20.5 Å². The number of amides is 1. The van der Waals surface area contributed by atoms with Gasteiger partial charge in [0.1, 0.15) is 29.8 Å². The van der Waals surface area contributed by atoms with Gasteiger partial charge in [-0.3, -0.25) is 4.79 Å². The molecule has 0 bridgehead atoms. The zero-order valence-electron chi connectivity index (χ0n) is 17.7. The van der Waals surface area contributed by atoms with Gasteiger partial charge in [0.15, 0.2) is 0 Å². The summed E-state index contributed by atoms with van der Waals surface area (Å²) in [5.74, 6) is 1.99. The van der Waals surface area contributed by atoms with E-state index in [1.807, 2.05) is 36.9 Å². The van der Waals surface area contributed by atoms with E-state index in [-0.39, 0.29) is 11.7 Å². The highest BCUT2D eigenvalue weighted by Crippen LogP contribution is 2.19. The molecular weight excluding hydrogens is 395 g/mol. The average Bonchev–Trinajstić information content (AvgIpc) is 2.78. The van der Waals surface area contributed by atoms with Crippen LogP contribution in [-0.4, -0.2) is 47.0 Å². The highest BCUT2D eigenvalue weighted by atomic mass is 19.1. The Labute approximate surface area is 181 Å². The number of hydrogen-bond donors (Lipinski definition) is 0. The van der Waals surface area contributed by atoms with Gasteiger partial charge in [0.05, 0.1) is 0 Å². The molecule has 0 atom stereocenters. The van der Waals surface area contributed by atoms with E-state index in [9.17, 15) is 9.18 Å². The number of aryl methyl sites for hydroxylation is 2. The second-order valence-corrected chi connectivity index (χ2v) is 7.64. The number of hydrogen-bond acceptors (Lipinski definition) is 5. The van der Waals surface area contributed by atoms with Crippen molar-refractivity contribution in [3.8, 4) is 5.75 Å². The highest BCUT2D eigenvalue weighted by Gasteiger charge is 2.23. The van der Waals surface area contributed by atoms with Crippen LogP contribution in [0, 0.1) is 19.7 Å². The zero-order valence-corrected chi connectivity index (χ0v) is 17.7. The molecule has 2 heterocycles. The van der Waals surface area contributed by atoms with E-state index in [2.05, 4.69) is 14.9 Å². The maximum atomic E-state index is 13.0. The second kappa shape index (κ2) is 9.12. The minimum absolute atomic E-state index is 0.0121. The summed E-state index contributed by atoms with van der Waals surface area (Å²) < 4.78 is 18.8. The first-order valence-electron chi connectivity index (χ1n) is 10.3. The number of ether oxygens (including phenoxy) is 1. The fourth-order valence-electron chi connectivity index (χ4n) is 3.65. The van der Waals surface area contributed by atoms with E-state index >= 15 is 0 Å². The summed E-state index contributed by atoms with van der Waals surface area (Å²) in [5.41, 5.74) is 2.40. The van der Waals surface area contributed by atoms with Crippen molar-refractivity contribution >= 4 is 11.7 Å². The largest absolute Gasteiger partial charge is 0.489 e. The summed E-state index contributed by atoms with van der Waals surface area (Å²) in [6.07, 6.45) is 0. The van der Waals surface area contributed by atoms with Crippen molar-refractivity contribution in [3.05, 3.63) is 83.1 Å². The molecule has 4 rings (SSSR count). The van der Waals surface area contributed by atoms with Crippen LogP contribution in [0.15, 0.2) is 54.6 Å². The zero-order chi connectivity index (χ0) is 21.8. The molecule has 6 nitrogen and oxygen atoms in total. The number of anilines is 1. The number of piperazine rings is 1. The van der Waals surface area contributed by atoms with Gasteiger partial charge in [-0.2, -0.15) is 0 Å². The maximum absolute atomic E-state index is 13.0. The minimum atomic E-state index is -0.276. The van der Waals surface area contributed by atoms with Gasteiger partial charge < -0.3 is 14.5 Å². The van der Waals surface area contributed by atoms with Crippen LogP contribution in [0.5, 0.6) is 5.75 Å². The molecule has 0 N–H and O–H groups in total. The van der Waals surface area contributed by atoms with Crippen LogP contribution in [-0.2, 0) is 6.61 Å². The van der Waals surface area contributed by atoms with Crippen LogP contribution in [0.4, 0.5) is 10.2 Å². The van der Waals surface area contributed by atoms with Gasteiger partial charge in [-0.25, -0.2) is 14.4 Å². The first-order chi connectivity index (χ1) is 15.0. The van der Waals surface area contributed by atoms with Gasteiger partial charge in [0, 0.05) is 43.5 Å². The van der Waals surface area contributed by atoms with E-state index in [4.69, 9.17) is 4.74 Å². The molecule has 1 fully saturated rings. The van der Waals surface area contributed by atoms with Crippen molar-refractivity contribution in [3.63, 3.8) is 0 Å². The first-order valence-corrected chi connectivity index (χ1v) is 10.3. The minimum Gasteiger partial charge on any atom is -0.489 e. The molecule has 2 aromatic carbocycles. The van der Waals surface area contributed by atoms with Crippen molar-refractivity contribution in [2.24, 2.45) is 0 Å². The van der Waals surface area contributed by atoms with Gasteiger partial charge in [0.2, 0.25) is 0 Å². The quantitative estimate of drug-likeness (QED) is 0.629. The number of carbonyl (C=O) groups is 1. The Hall–Kier alpha value is -3.48. The molecule has 0 saturated carbocycles. The van der Waals surface area contributed by atoms with E-state index in [1.165, 1.54) is 12.1 Å². The monoisotopic (exact) mass is 420 g/mol. The molecule has 1 aromatic heterocycles. The Bertz CT molecular complexity index is 1040. The predicted octanol–water partition coefficient (Wildman–Crippen LogP) is 3.77. The van der Waals surface area contributed by atoms with Crippen LogP contribution < -0.4 is 9.64 Å². The third-order valence-corrected chi connectivity index (χ3v) is 5.24. The Balaban J connectivity index is 1.36. The second-order valence-electron chi connectivity index (χ2n) is 7.64. The molecule has 3 aromatic rings. The van der Waals surface area contributed by atoms with E-state index in [1.54, 1.807) is 24.3 Å². The number of aromatic nitrogens is 2. The normalized spacial score (nSPS) is 13.9. The summed E-state index contributed by atoms with van der Waals surface area (Å²) in [6.45, 7) is 6.87. The van der Waals surface area contributed by atoms with Crippen LogP contribution >= 0.6 is 0 Å². The Morgan fingerprint density at radius 3 is 2.45 bits per heavy atom. The summed E-state index contributed by atoms with van der Waals surface area (Å²) in [7, 11) is 0. The fourth-order valence-corrected chi connectivity index (χ4v) is 3.65. The molecule has 7 heteroatoms. The fraction of sp³-hybridized carbons (Fsp3) is 0.292. The summed E-state index contributed by atoms with van der Waals surface area (Å²) >= 11 is 0. The Morgan fingerprint density at radius 2 is 1.74 bits per heavy atom. The lowest BCUT2D eigenvalue weighted by atomic mass is 10.1. The van der Waals surface area contributed by atoms with Crippen molar-refractivity contribution in [1.82, 2.24) is 14.9 Å². The van der Waals surface area contributed by atoms with Gasteiger partial charge in [-0.05, 0) is 49.7 Å². The summed E-state index contributed by atoms with van der Waals surface area (Å²) in [5, 5.41) is 0. The SMILES string of the molecule is Cc1cc(N2CCN(C(=O)c3cccc(OCc4ccc(F)cc4)c3)CC2)nc(C)n1. The molecule has 0 aliphatic carbocycles. The van der Waals surface area contributed by atoms with Gasteiger partial charge in [0.25, 0.3) is 5.91 Å². The van der Waals surface area contributed by atoms with Gasteiger partial charge in [-0.15, -0.1) is 0 Å². The van der Waals surface area contributed by atoms with Gasteiger partial charge in [-0.1, -0.05) is 18.2 Å². The molecular formula is C24H25FN4O2. The summed E-state index contributed by atoms with van der Waals surface area (Å²) in [6, 6.07) is 15.4. The predicted molar refractivity (Wildman–Crippen MR) is 117 cm³/mol. The maximum Gasteiger partial charge on any atom is 0.254 e. The lowest BCUT2D eigenvalue weighted by Crippen LogP contribution is -2.49. The number of carbonyl (C=O) groups excluding carboxylic acids is 1. The Morgan fingerprint density at radius 1 is 1.00 bits per heavy atom. The molecule has 1 amide bonds. The first kappa shape index (κ1) is 20.8. The topological polar surface area (TPSA) is 58.6 Å².